The number of carbonyl (C=O) groups is 1. The number of para-hydroxylation sites is 1. The van der Waals surface area contributed by atoms with E-state index in [1.165, 1.54) is 12.1 Å². The van der Waals surface area contributed by atoms with Gasteiger partial charge in [0.15, 0.2) is 5.82 Å². The highest BCUT2D eigenvalue weighted by Gasteiger charge is 2.44. The fourth-order valence-electron chi connectivity index (χ4n) is 4.32. The molecule has 31 heavy (non-hydrogen) atoms. The van der Waals surface area contributed by atoms with Crippen molar-refractivity contribution in [2.45, 2.75) is 44.6 Å². The SMILES string of the molecule is Cc1nc(C2(NC(=O)CCc3c(-c4ccc(F)cc4)[nH]c4ccccc34)CCC2)no1. The number of aryl methyl sites for hydroxylation is 2. The van der Waals surface area contributed by atoms with Gasteiger partial charge in [0, 0.05) is 29.9 Å². The largest absolute Gasteiger partial charge is 0.354 e. The van der Waals surface area contributed by atoms with Crippen LogP contribution in [0.25, 0.3) is 22.2 Å². The lowest BCUT2D eigenvalue weighted by molar-refractivity contribution is -0.124. The predicted molar refractivity (Wildman–Crippen MR) is 115 cm³/mol. The molecule has 158 valence electrons. The van der Waals surface area contributed by atoms with Crippen LogP contribution in [-0.4, -0.2) is 21.0 Å². The number of nitrogens with zero attached hydrogens (tertiary/aromatic N) is 2. The van der Waals surface area contributed by atoms with Crippen LogP contribution in [0.4, 0.5) is 4.39 Å². The molecular weight excluding hydrogens is 395 g/mol. The molecule has 1 aliphatic rings. The predicted octanol–water partition coefficient (Wildman–Crippen LogP) is 4.79. The molecule has 0 spiro atoms. The summed E-state index contributed by atoms with van der Waals surface area (Å²) in [6.07, 6.45) is 3.53. The summed E-state index contributed by atoms with van der Waals surface area (Å²) in [5.41, 5.74) is 3.34. The minimum absolute atomic E-state index is 0.0440. The van der Waals surface area contributed by atoms with Crippen molar-refractivity contribution in [1.82, 2.24) is 20.4 Å². The molecule has 2 aromatic carbocycles. The van der Waals surface area contributed by atoms with E-state index in [1.807, 2.05) is 24.3 Å². The summed E-state index contributed by atoms with van der Waals surface area (Å²) in [4.78, 5) is 20.7. The maximum absolute atomic E-state index is 13.4. The number of H-pyrrole nitrogens is 1. The van der Waals surface area contributed by atoms with Crippen LogP contribution in [0.5, 0.6) is 0 Å². The number of nitrogens with one attached hydrogen (secondary N) is 2. The summed E-state index contributed by atoms with van der Waals surface area (Å²) in [6.45, 7) is 1.75. The van der Waals surface area contributed by atoms with Gasteiger partial charge in [0.05, 0.1) is 0 Å². The normalized spacial score (nSPS) is 15.0. The van der Waals surface area contributed by atoms with Gasteiger partial charge in [-0.3, -0.25) is 4.79 Å². The fourth-order valence-corrected chi connectivity index (χ4v) is 4.32. The Kier molecular flexibility index (Phi) is 4.81. The summed E-state index contributed by atoms with van der Waals surface area (Å²) in [6, 6.07) is 14.4. The van der Waals surface area contributed by atoms with Gasteiger partial charge < -0.3 is 14.8 Å². The van der Waals surface area contributed by atoms with Gasteiger partial charge in [-0.1, -0.05) is 23.4 Å². The Labute approximate surface area is 178 Å². The minimum Gasteiger partial charge on any atom is -0.354 e. The second-order valence-corrected chi connectivity index (χ2v) is 8.15. The van der Waals surface area contributed by atoms with Crippen molar-refractivity contribution in [2.24, 2.45) is 0 Å². The van der Waals surface area contributed by atoms with Gasteiger partial charge in [0.25, 0.3) is 0 Å². The number of aromatic amines is 1. The van der Waals surface area contributed by atoms with E-state index < -0.39 is 5.54 Å². The molecule has 5 rings (SSSR count). The van der Waals surface area contributed by atoms with Crippen molar-refractivity contribution in [3.63, 3.8) is 0 Å². The number of halogens is 1. The molecule has 0 bridgehead atoms. The maximum Gasteiger partial charge on any atom is 0.223 e. The van der Waals surface area contributed by atoms with Crippen molar-refractivity contribution in [1.29, 1.82) is 0 Å². The fraction of sp³-hybridized carbons (Fsp3) is 0.292. The highest BCUT2D eigenvalue weighted by Crippen LogP contribution is 2.40. The van der Waals surface area contributed by atoms with Crippen LogP contribution in [0.2, 0.25) is 0 Å². The van der Waals surface area contributed by atoms with Gasteiger partial charge in [0.1, 0.15) is 11.4 Å². The number of hydrogen-bond donors (Lipinski definition) is 2. The molecule has 2 aromatic heterocycles. The van der Waals surface area contributed by atoms with Crippen molar-refractivity contribution < 1.29 is 13.7 Å². The number of rotatable bonds is 6. The molecular formula is C24H23FN4O2. The van der Waals surface area contributed by atoms with Gasteiger partial charge in [0.2, 0.25) is 11.8 Å². The Bertz CT molecular complexity index is 1240. The summed E-state index contributed by atoms with van der Waals surface area (Å²) in [7, 11) is 0. The van der Waals surface area contributed by atoms with Gasteiger partial charge >= 0.3 is 0 Å². The number of hydrogen-bond acceptors (Lipinski definition) is 4. The standard InChI is InChI=1S/C24H23FN4O2/c1-15-26-23(29-31-15)24(13-4-14-24)28-21(30)12-11-19-18-5-2-3-6-20(18)27-22(19)16-7-9-17(25)10-8-16/h2-3,5-10,27H,4,11-14H2,1H3,(H,28,30). The average Bonchev–Trinajstić information content (AvgIpc) is 3.33. The number of benzene rings is 2. The Hall–Kier alpha value is -3.48. The molecule has 0 radical (unpaired) electrons. The molecule has 6 nitrogen and oxygen atoms in total. The topological polar surface area (TPSA) is 83.8 Å². The third-order valence-electron chi connectivity index (χ3n) is 6.09. The average molecular weight is 418 g/mol. The smallest absolute Gasteiger partial charge is 0.223 e. The third-order valence-corrected chi connectivity index (χ3v) is 6.09. The number of aromatic nitrogens is 3. The zero-order chi connectivity index (χ0) is 21.4. The first kappa shape index (κ1) is 19.5. The molecule has 0 atom stereocenters. The maximum atomic E-state index is 13.4. The minimum atomic E-state index is -0.519. The third kappa shape index (κ3) is 3.60. The van der Waals surface area contributed by atoms with E-state index in [4.69, 9.17) is 4.52 Å². The Morgan fingerprint density at radius 3 is 2.65 bits per heavy atom. The molecule has 4 aromatic rings. The molecule has 0 saturated heterocycles. The van der Waals surface area contributed by atoms with Crippen molar-refractivity contribution >= 4 is 16.8 Å². The number of fused-ring (bicyclic) bond motifs is 1. The van der Waals surface area contributed by atoms with Crippen molar-refractivity contribution in [2.75, 3.05) is 0 Å². The van der Waals surface area contributed by atoms with E-state index in [-0.39, 0.29) is 11.7 Å². The number of amides is 1. The Balaban J connectivity index is 1.38. The van der Waals surface area contributed by atoms with Gasteiger partial charge in [-0.2, -0.15) is 4.98 Å². The zero-order valence-electron chi connectivity index (χ0n) is 17.2. The first-order chi connectivity index (χ1) is 15.0. The highest BCUT2D eigenvalue weighted by molar-refractivity contribution is 5.91. The zero-order valence-corrected chi connectivity index (χ0v) is 17.2. The summed E-state index contributed by atoms with van der Waals surface area (Å²) >= 11 is 0. The first-order valence-electron chi connectivity index (χ1n) is 10.5. The van der Waals surface area contributed by atoms with Crippen LogP contribution in [0.1, 0.15) is 43.0 Å². The summed E-state index contributed by atoms with van der Waals surface area (Å²) in [5.74, 6) is 0.739. The molecule has 7 heteroatoms. The highest BCUT2D eigenvalue weighted by atomic mass is 19.1. The second-order valence-electron chi connectivity index (χ2n) is 8.15. The van der Waals surface area contributed by atoms with Crippen LogP contribution < -0.4 is 5.32 Å². The molecule has 2 N–H and O–H groups in total. The Morgan fingerprint density at radius 2 is 1.97 bits per heavy atom. The van der Waals surface area contributed by atoms with Crippen LogP contribution in [0, 0.1) is 12.7 Å². The van der Waals surface area contributed by atoms with Gasteiger partial charge in [-0.05, 0) is 67.1 Å². The van der Waals surface area contributed by atoms with E-state index in [0.717, 1.165) is 47.0 Å². The lowest BCUT2D eigenvalue weighted by Gasteiger charge is -2.39. The van der Waals surface area contributed by atoms with Crippen LogP contribution in [0.3, 0.4) is 0 Å². The number of carbonyl (C=O) groups excluding carboxylic acids is 1. The molecule has 0 aliphatic heterocycles. The van der Waals surface area contributed by atoms with E-state index in [9.17, 15) is 9.18 Å². The van der Waals surface area contributed by atoms with Gasteiger partial charge in [-0.25, -0.2) is 4.39 Å². The lowest BCUT2D eigenvalue weighted by atomic mass is 9.76. The van der Waals surface area contributed by atoms with Crippen LogP contribution in [0.15, 0.2) is 53.1 Å². The molecule has 1 saturated carbocycles. The van der Waals surface area contributed by atoms with Crippen LogP contribution in [-0.2, 0) is 16.8 Å². The molecule has 0 unspecified atom stereocenters. The second kappa shape index (κ2) is 7.65. The van der Waals surface area contributed by atoms with Crippen LogP contribution >= 0.6 is 0 Å². The quantitative estimate of drug-likeness (QED) is 0.471. The monoisotopic (exact) mass is 418 g/mol. The van der Waals surface area contributed by atoms with E-state index >= 15 is 0 Å². The van der Waals surface area contributed by atoms with E-state index in [1.54, 1.807) is 19.1 Å². The Morgan fingerprint density at radius 1 is 1.19 bits per heavy atom. The van der Waals surface area contributed by atoms with E-state index in [0.29, 0.717) is 24.6 Å². The summed E-state index contributed by atoms with van der Waals surface area (Å²) in [5, 5.41) is 8.26. The molecule has 1 aliphatic carbocycles. The molecule has 2 heterocycles. The molecule has 1 fully saturated rings. The van der Waals surface area contributed by atoms with Crippen molar-refractivity contribution in [3.05, 3.63) is 71.6 Å². The molecule has 1 amide bonds. The first-order valence-corrected chi connectivity index (χ1v) is 10.5. The van der Waals surface area contributed by atoms with Crippen molar-refractivity contribution in [3.8, 4) is 11.3 Å². The summed E-state index contributed by atoms with van der Waals surface area (Å²) < 4.78 is 18.5. The van der Waals surface area contributed by atoms with E-state index in [2.05, 4.69) is 20.4 Å². The van der Waals surface area contributed by atoms with Gasteiger partial charge in [-0.15, -0.1) is 0 Å². The lowest BCUT2D eigenvalue weighted by Crippen LogP contribution is -2.51.